The van der Waals surface area contributed by atoms with Gasteiger partial charge in [-0.05, 0) is 12.1 Å². The molecule has 0 aliphatic carbocycles. The number of halogens is 1. The molecule has 1 rings (SSSR count). The average molecular weight is 167 g/mol. The number of nitrogens with zero attached hydrogens (tertiary/aromatic N) is 1. The van der Waals surface area contributed by atoms with Gasteiger partial charge in [-0.2, -0.15) is 4.39 Å². The second-order valence-corrected chi connectivity index (χ2v) is 2.14. The molecule has 0 N–H and O–H groups in total. The first kappa shape index (κ1) is 8.52. The van der Waals surface area contributed by atoms with E-state index in [9.17, 15) is 14.0 Å². The van der Waals surface area contributed by atoms with Crippen LogP contribution >= 0.6 is 0 Å². The first-order valence-corrected chi connectivity index (χ1v) is 3.33. The molecule has 0 amide bonds. The zero-order chi connectivity index (χ0) is 8.97. The minimum atomic E-state index is -0.716. The van der Waals surface area contributed by atoms with Crippen molar-refractivity contribution in [1.82, 2.24) is 4.98 Å². The Morgan fingerprint density at radius 3 is 2.92 bits per heavy atom. The summed E-state index contributed by atoms with van der Waals surface area (Å²) >= 11 is 0. The predicted molar refractivity (Wildman–Crippen MR) is 39.2 cm³/mol. The molecule has 0 bridgehead atoms. The summed E-state index contributed by atoms with van der Waals surface area (Å²) in [5.74, 6) is -1.18. The Morgan fingerprint density at radius 1 is 1.58 bits per heavy atom. The maximum atomic E-state index is 12.4. The fourth-order valence-corrected chi connectivity index (χ4v) is 0.744. The van der Waals surface area contributed by atoms with E-state index in [0.717, 1.165) is 6.07 Å². The van der Waals surface area contributed by atoms with Gasteiger partial charge in [-0.25, -0.2) is 4.98 Å². The van der Waals surface area contributed by atoms with Gasteiger partial charge in [0.15, 0.2) is 5.78 Å². The van der Waals surface area contributed by atoms with Crippen LogP contribution in [0.15, 0.2) is 18.2 Å². The van der Waals surface area contributed by atoms with Crippen molar-refractivity contribution in [1.29, 1.82) is 0 Å². The van der Waals surface area contributed by atoms with Crippen LogP contribution in [0.5, 0.6) is 0 Å². The monoisotopic (exact) mass is 167 g/mol. The van der Waals surface area contributed by atoms with Crippen molar-refractivity contribution in [2.24, 2.45) is 0 Å². The normalized spacial score (nSPS) is 9.42. The van der Waals surface area contributed by atoms with Gasteiger partial charge in [-0.3, -0.25) is 4.79 Å². The number of pyridine rings is 1. The molecule has 62 valence electrons. The van der Waals surface area contributed by atoms with Gasteiger partial charge in [0.2, 0.25) is 5.95 Å². The topological polar surface area (TPSA) is 47.0 Å². The summed E-state index contributed by atoms with van der Waals surface area (Å²) in [6.07, 6.45) is 0.214. The Hall–Kier alpha value is -1.58. The molecule has 0 saturated carbocycles. The Kier molecular flexibility index (Phi) is 2.63. The molecule has 0 saturated heterocycles. The Labute approximate surface area is 68.2 Å². The second kappa shape index (κ2) is 3.71. The van der Waals surface area contributed by atoms with Gasteiger partial charge >= 0.3 is 0 Å². The first-order valence-electron chi connectivity index (χ1n) is 3.33. The van der Waals surface area contributed by atoms with E-state index < -0.39 is 11.7 Å². The molecule has 0 aliphatic heterocycles. The Balaban J connectivity index is 2.87. The SMILES string of the molecule is O=CCC(=O)c1cccc(F)n1. The van der Waals surface area contributed by atoms with E-state index >= 15 is 0 Å². The van der Waals surface area contributed by atoms with Gasteiger partial charge in [-0.15, -0.1) is 0 Å². The molecule has 0 atom stereocenters. The third-order valence-electron chi connectivity index (χ3n) is 1.27. The van der Waals surface area contributed by atoms with Crippen LogP contribution in [0.1, 0.15) is 16.9 Å². The standard InChI is InChI=1S/C8H6FNO2/c9-8-3-1-2-6(10-8)7(12)4-5-11/h1-3,5H,4H2. The summed E-state index contributed by atoms with van der Waals surface area (Å²) in [5.41, 5.74) is -0.0119. The molecule has 0 unspecified atom stereocenters. The molecule has 1 aromatic rings. The lowest BCUT2D eigenvalue weighted by atomic mass is 10.2. The van der Waals surface area contributed by atoms with Gasteiger partial charge in [0.05, 0.1) is 6.42 Å². The minimum absolute atomic E-state index is 0.0119. The van der Waals surface area contributed by atoms with Gasteiger partial charge in [0.1, 0.15) is 12.0 Å². The molecule has 0 aromatic carbocycles. The van der Waals surface area contributed by atoms with Crippen molar-refractivity contribution >= 4 is 12.1 Å². The van der Waals surface area contributed by atoms with Gasteiger partial charge in [-0.1, -0.05) is 6.07 Å². The summed E-state index contributed by atoms with van der Waals surface area (Å²) in [7, 11) is 0. The lowest BCUT2D eigenvalue weighted by Crippen LogP contribution is -2.03. The van der Waals surface area contributed by atoms with E-state index in [1.165, 1.54) is 12.1 Å². The summed E-state index contributed by atoms with van der Waals surface area (Å²) < 4.78 is 12.4. The number of carbonyl (C=O) groups excluding carboxylic acids is 2. The number of aldehydes is 1. The van der Waals surface area contributed by atoms with Gasteiger partial charge in [0, 0.05) is 0 Å². The summed E-state index contributed by atoms with van der Waals surface area (Å²) in [6.45, 7) is 0. The van der Waals surface area contributed by atoms with Crippen LogP contribution in [0, 0.1) is 5.95 Å². The van der Waals surface area contributed by atoms with E-state index in [2.05, 4.69) is 4.98 Å². The van der Waals surface area contributed by atoms with Crippen LogP contribution in [0.4, 0.5) is 4.39 Å². The quantitative estimate of drug-likeness (QED) is 0.292. The van der Waals surface area contributed by atoms with Crippen molar-refractivity contribution in [3.63, 3.8) is 0 Å². The van der Waals surface area contributed by atoms with Crippen LogP contribution in [0.25, 0.3) is 0 Å². The molecule has 0 fully saturated rings. The molecule has 1 aromatic heterocycles. The van der Waals surface area contributed by atoms with Crippen molar-refractivity contribution in [3.8, 4) is 0 Å². The van der Waals surface area contributed by atoms with Crippen molar-refractivity contribution < 1.29 is 14.0 Å². The number of carbonyl (C=O) groups is 2. The highest BCUT2D eigenvalue weighted by Gasteiger charge is 2.06. The number of ketones is 1. The minimum Gasteiger partial charge on any atom is -0.303 e. The third kappa shape index (κ3) is 1.95. The lowest BCUT2D eigenvalue weighted by Gasteiger charge is -1.94. The summed E-state index contributed by atoms with van der Waals surface area (Å²) in [4.78, 5) is 24.2. The largest absolute Gasteiger partial charge is 0.303 e. The number of aromatic nitrogens is 1. The van der Waals surface area contributed by atoms with Crippen molar-refractivity contribution in [2.75, 3.05) is 0 Å². The zero-order valence-corrected chi connectivity index (χ0v) is 6.16. The molecular formula is C8H6FNO2. The molecular weight excluding hydrogens is 161 g/mol. The number of rotatable bonds is 3. The number of Topliss-reactive ketones (excluding diaryl/α,β-unsaturated/α-hetero) is 1. The van der Waals surface area contributed by atoms with Gasteiger partial charge < -0.3 is 4.79 Å². The second-order valence-electron chi connectivity index (χ2n) is 2.14. The molecule has 12 heavy (non-hydrogen) atoms. The molecule has 0 spiro atoms. The zero-order valence-electron chi connectivity index (χ0n) is 6.16. The van der Waals surface area contributed by atoms with Crippen molar-refractivity contribution in [2.45, 2.75) is 6.42 Å². The van der Waals surface area contributed by atoms with Crippen LogP contribution in [-0.4, -0.2) is 17.1 Å². The highest BCUT2D eigenvalue weighted by molar-refractivity contribution is 6.01. The predicted octanol–water partition coefficient (Wildman–Crippen LogP) is 0.992. The maximum absolute atomic E-state index is 12.4. The fraction of sp³-hybridized carbons (Fsp3) is 0.125. The number of hydrogen-bond acceptors (Lipinski definition) is 3. The van der Waals surface area contributed by atoms with Gasteiger partial charge in [0.25, 0.3) is 0 Å². The lowest BCUT2D eigenvalue weighted by molar-refractivity contribution is -0.107. The van der Waals surface area contributed by atoms with Crippen LogP contribution in [0.3, 0.4) is 0 Å². The summed E-state index contributed by atoms with van der Waals surface area (Å²) in [5, 5.41) is 0. The molecule has 4 heteroatoms. The van der Waals surface area contributed by atoms with E-state index in [-0.39, 0.29) is 12.1 Å². The first-order chi connectivity index (χ1) is 5.74. The Bertz CT molecular complexity index is 312. The van der Waals surface area contributed by atoms with Crippen molar-refractivity contribution in [3.05, 3.63) is 29.8 Å². The molecule has 0 radical (unpaired) electrons. The van der Waals surface area contributed by atoms with Crippen LogP contribution in [0.2, 0.25) is 0 Å². The number of hydrogen-bond donors (Lipinski definition) is 0. The third-order valence-corrected chi connectivity index (χ3v) is 1.27. The summed E-state index contributed by atoms with van der Waals surface area (Å²) in [6, 6.07) is 3.88. The van der Waals surface area contributed by atoms with E-state index in [4.69, 9.17) is 0 Å². The molecule has 3 nitrogen and oxygen atoms in total. The smallest absolute Gasteiger partial charge is 0.213 e. The fourth-order valence-electron chi connectivity index (χ4n) is 0.744. The average Bonchev–Trinajstić information content (AvgIpc) is 2.05. The van der Waals surface area contributed by atoms with E-state index in [1.807, 2.05) is 0 Å². The van der Waals surface area contributed by atoms with E-state index in [1.54, 1.807) is 0 Å². The van der Waals surface area contributed by atoms with Crippen LogP contribution in [-0.2, 0) is 4.79 Å². The highest BCUT2D eigenvalue weighted by atomic mass is 19.1. The Morgan fingerprint density at radius 2 is 2.33 bits per heavy atom. The highest BCUT2D eigenvalue weighted by Crippen LogP contribution is 2.00. The molecule has 0 aliphatic rings. The van der Waals surface area contributed by atoms with Crippen LogP contribution < -0.4 is 0 Å². The van der Waals surface area contributed by atoms with E-state index in [0.29, 0.717) is 6.29 Å². The maximum Gasteiger partial charge on any atom is 0.213 e. The molecule has 1 heterocycles.